The number of carbonyl (C=O) groups is 3. The predicted octanol–water partition coefficient (Wildman–Crippen LogP) is -7.19. The molecule has 19 nitrogen and oxygen atoms in total. The number of ether oxygens (including phenoxy) is 5. The lowest BCUT2D eigenvalue weighted by atomic mass is 9.94. The van der Waals surface area contributed by atoms with E-state index in [1.54, 1.807) is 0 Å². The van der Waals surface area contributed by atoms with E-state index in [9.17, 15) is 60.3 Å². The lowest BCUT2D eigenvalue weighted by Crippen LogP contribution is -2.69. The molecular formula is C22H36N2O17. The lowest BCUT2D eigenvalue weighted by molar-refractivity contribution is -0.359. The summed E-state index contributed by atoms with van der Waals surface area (Å²) in [4.78, 5) is 35.5. The fourth-order valence-corrected chi connectivity index (χ4v) is 4.83. The molecule has 0 bridgehead atoms. The Morgan fingerprint density at radius 2 is 1.20 bits per heavy atom. The maximum absolute atomic E-state index is 12.1. The predicted molar refractivity (Wildman–Crippen MR) is 125 cm³/mol. The van der Waals surface area contributed by atoms with Crippen molar-refractivity contribution >= 4 is 17.8 Å². The quantitative estimate of drug-likeness (QED) is 0.117. The van der Waals surface area contributed by atoms with Crippen LogP contribution in [-0.4, -0.2) is 169 Å². The molecule has 236 valence electrons. The maximum atomic E-state index is 12.1. The van der Waals surface area contributed by atoms with Crippen LogP contribution in [0.3, 0.4) is 0 Å². The van der Waals surface area contributed by atoms with E-state index in [4.69, 9.17) is 23.7 Å². The van der Waals surface area contributed by atoms with Gasteiger partial charge in [0.05, 0.1) is 13.2 Å². The molecule has 0 unspecified atom stereocenters. The lowest BCUT2D eigenvalue weighted by Gasteiger charge is -2.48. The summed E-state index contributed by atoms with van der Waals surface area (Å²) in [5.74, 6) is -3.16. The Hall–Kier alpha value is -2.11. The average Bonchev–Trinajstić information content (AvgIpc) is 2.90. The van der Waals surface area contributed by atoms with Gasteiger partial charge in [-0.15, -0.1) is 0 Å². The van der Waals surface area contributed by atoms with E-state index in [2.05, 4.69) is 10.6 Å². The molecule has 2 amide bonds. The van der Waals surface area contributed by atoms with Crippen LogP contribution in [0.2, 0.25) is 0 Å². The van der Waals surface area contributed by atoms with Gasteiger partial charge in [-0.2, -0.15) is 0 Å². The Labute approximate surface area is 232 Å². The van der Waals surface area contributed by atoms with Crippen LogP contribution in [-0.2, 0) is 38.1 Å². The Morgan fingerprint density at radius 3 is 1.73 bits per heavy atom. The van der Waals surface area contributed by atoms with E-state index in [-0.39, 0.29) is 0 Å². The van der Waals surface area contributed by atoms with E-state index in [0.717, 1.165) is 13.8 Å². The van der Waals surface area contributed by atoms with Gasteiger partial charge >= 0.3 is 5.97 Å². The average molecular weight is 601 g/mol. The highest BCUT2D eigenvalue weighted by Crippen LogP contribution is 2.32. The summed E-state index contributed by atoms with van der Waals surface area (Å²) < 4.78 is 26.9. The Kier molecular flexibility index (Phi) is 11.3. The van der Waals surface area contributed by atoms with Gasteiger partial charge in [-0.05, 0) is 0 Å². The van der Waals surface area contributed by atoms with Crippen LogP contribution in [0.15, 0.2) is 0 Å². The summed E-state index contributed by atoms with van der Waals surface area (Å²) in [6, 6.07) is -3.02. The van der Waals surface area contributed by atoms with E-state index in [1.807, 2.05) is 0 Å². The van der Waals surface area contributed by atoms with Gasteiger partial charge in [0.1, 0.15) is 67.0 Å². The first-order chi connectivity index (χ1) is 19.2. The van der Waals surface area contributed by atoms with Crippen molar-refractivity contribution < 1.29 is 84.0 Å². The normalized spacial score (nSPS) is 45.1. The number of hydrogen-bond donors (Lipinski definition) is 11. The number of carboxylic acid groups (broad SMARTS) is 1. The zero-order chi connectivity index (χ0) is 30.8. The van der Waals surface area contributed by atoms with E-state index >= 15 is 0 Å². The zero-order valence-corrected chi connectivity index (χ0v) is 21.9. The molecule has 3 aliphatic rings. The number of hydrogen-bond acceptors (Lipinski definition) is 16. The third kappa shape index (κ3) is 7.28. The Balaban J connectivity index is 1.86. The second-order valence-electron chi connectivity index (χ2n) is 9.84. The molecule has 0 aromatic carbocycles. The van der Waals surface area contributed by atoms with Gasteiger partial charge in [0, 0.05) is 13.8 Å². The molecule has 0 spiro atoms. The van der Waals surface area contributed by atoms with Crippen molar-refractivity contribution in [1.29, 1.82) is 0 Å². The molecule has 3 aliphatic heterocycles. The zero-order valence-electron chi connectivity index (χ0n) is 21.9. The van der Waals surface area contributed by atoms with E-state index < -0.39 is 123 Å². The van der Waals surface area contributed by atoms with Crippen LogP contribution < -0.4 is 10.6 Å². The van der Waals surface area contributed by atoms with Crippen molar-refractivity contribution in [3.8, 4) is 0 Å². The largest absolute Gasteiger partial charge is 0.479 e. The third-order valence-electron chi connectivity index (χ3n) is 6.86. The number of amides is 2. The summed E-state index contributed by atoms with van der Waals surface area (Å²) in [6.07, 6.45) is -23.7. The monoisotopic (exact) mass is 600 g/mol. The highest BCUT2D eigenvalue weighted by Gasteiger charge is 2.55. The SMILES string of the molecule is CC(=O)N[C@@H]1[C@@H](O[C@@H]2O[C@H](C(=O)O)[C@H](O[C@H]3O[C@H](CO)[C@@H](O)[C@H](O)[C@H]3NC(C)=O)[C@H](O)[C@H]2O)[C@H](O)[C@@H](CO)O[C@H]1O. The first-order valence-electron chi connectivity index (χ1n) is 12.6. The fraction of sp³-hybridized carbons (Fsp3) is 0.864. The van der Waals surface area contributed by atoms with Crippen molar-refractivity contribution in [1.82, 2.24) is 10.6 Å². The van der Waals surface area contributed by atoms with Crippen molar-refractivity contribution in [2.24, 2.45) is 0 Å². The minimum absolute atomic E-state index is 0.697. The smallest absolute Gasteiger partial charge is 0.335 e. The highest BCUT2D eigenvalue weighted by atomic mass is 16.7. The van der Waals surface area contributed by atoms with E-state index in [1.165, 1.54) is 0 Å². The van der Waals surface area contributed by atoms with Gasteiger partial charge in [0.25, 0.3) is 0 Å². The van der Waals surface area contributed by atoms with Gasteiger partial charge in [-0.1, -0.05) is 0 Å². The second kappa shape index (κ2) is 13.9. The molecular weight excluding hydrogens is 564 g/mol. The molecule has 3 fully saturated rings. The molecule has 0 aromatic rings. The molecule has 3 rings (SSSR count). The summed E-state index contributed by atoms with van der Waals surface area (Å²) in [7, 11) is 0. The molecule has 3 heterocycles. The van der Waals surface area contributed by atoms with Crippen LogP contribution >= 0.6 is 0 Å². The van der Waals surface area contributed by atoms with Crippen molar-refractivity contribution in [3.05, 3.63) is 0 Å². The minimum atomic E-state index is -2.14. The fourth-order valence-electron chi connectivity index (χ4n) is 4.83. The first-order valence-corrected chi connectivity index (χ1v) is 12.6. The molecule has 0 radical (unpaired) electrons. The number of rotatable bonds is 9. The molecule has 3 saturated heterocycles. The molecule has 19 heteroatoms. The van der Waals surface area contributed by atoms with Crippen molar-refractivity contribution in [2.45, 2.75) is 106 Å². The number of nitrogens with one attached hydrogen (secondary N) is 2. The number of carbonyl (C=O) groups excluding carboxylic acids is 2. The van der Waals surface area contributed by atoms with Crippen LogP contribution in [0.5, 0.6) is 0 Å². The molecule has 0 aliphatic carbocycles. The van der Waals surface area contributed by atoms with Gasteiger partial charge in [0.15, 0.2) is 25.0 Å². The van der Waals surface area contributed by atoms with Crippen molar-refractivity contribution in [2.75, 3.05) is 13.2 Å². The minimum Gasteiger partial charge on any atom is -0.479 e. The number of aliphatic hydroxyl groups excluding tert-OH is 8. The van der Waals surface area contributed by atoms with Crippen LogP contribution in [0.25, 0.3) is 0 Å². The van der Waals surface area contributed by atoms with Crippen LogP contribution in [0.4, 0.5) is 0 Å². The summed E-state index contributed by atoms with van der Waals surface area (Å²) in [5, 5.41) is 96.5. The molecule has 0 saturated carbocycles. The van der Waals surface area contributed by atoms with Gasteiger partial charge in [-0.3, -0.25) is 9.59 Å². The number of carboxylic acids is 1. The van der Waals surface area contributed by atoms with E-state index in [0.29, 0.717) is 0 Å². The number of aliphatic hydroxyl groups is 8. The molecule has 11 N–H and O–H groups in total. The summed E-state index contributed by atoms with van der Waals surface area (Å²) in [5.41, 5.74) is 0. The van der Waals surface area contributed by atoms with Gasteiger partial charge in [0.2, 0.25) is 11.8 Å². The standard InChI is InChI=1S/C22H36N2O17/c1-5(27)23-9-13(31)11(29)7(3-25)38-21(9)40-17-14(32)15(33)22(41-18(17)19(34)35)39-16-10(24-6(2)28)20(36)37-8(4-26)12(16)30/h7-18,20-22,25-26,29-33,36H,3-4H2,1-2H3,(H,23,27)(H,24,28)(H,34,35)/t7-,8-,9-,10-,11-,12-,13-,14-,15-,16-,17-,18+,20-,21-,22-/m1/s1. The summed E-state index contributed by atoms with van der Waals surface area (Å²) in [6.45, 7) is 0.516. The van der Waals surface area contributed by atoms with Gasteiger partial charge < -0.3 is 80.3 Å². The first kappa shape index (κ1) is 33.4. The third-order valence-corrected chi connectivity index (χ3v) is 6.86. The number of aliphatic carboxylic acids is 1. The highest BCUT2D eigenvalue weighted by molar-refractivity contribution is 5.74. The van der Waals surface area contributed by atoms with Crippen molar-refractivity contribution in [3.63, 3.8) is 0 Å². The Bertz CT molecular complexity index is 927. The van der Waals surface area contributed by atoms with Crippen LogP contribution in [0.1, 0.15) is 13.8 Å². The molecule has 15 atom stereocenters. The Morgan fingerprint density at radius 1 is 0.659 bits per heavy atom. The maximum Gasteiger partial charge on any atom is 0.335 e. The second-order valence-corrected chi connectivity index (χ2v) is 9.84. The molecule has 0 aromatic heterocycles. The van der Waals surface area contributed by atoms with Gasteiger partial charge in [-0.25, -0.2) is 4.79 Å². The summed E-state index contributed by atoms with van der Waals surface area (Å²) >= 11 is 0. The van der Waals surface area contributed by atoms with Crippen LogP contribution in [0, 0.1) is 0 Å². The topological polar surface area (TPSA) is 303 Å². The molecule has 41 heavy (non-hydrogen) atoms.